The quantitative estimate of drug-likeness (QED) is 0.234. The zero-order valence-electron chi connectivity index (χ0n) is 15.7. The molecule has 1 heterocycles. The molecule has 11 nitrogen and oxygen atoms in total. The van der Waals surface area contributed by atoms with Gasteiger partial charge in [0.05, 0.1) is 25.4 Å². The number of carbonyl (C=O) groups is 2. The van der Waals surface area contributed by atoms with Crippen molar-refractivity contribution >= 4 is 11.8 Å². The van der Waals surface area contributed by atoms with E-state index >= 15 is 0 Å². The zero-order valence-corrected chi connectivity index (χ0v) is 15.7. The van der Waals surface area contributed by atoms with Gasteiger partial charge in [0.15, 0.2) is 0 Å². The summed E-state index contributed by atoms with van der Waals surface area (Å²) in [5, 5.41) is 55.8. The first-order valence-electron chi connectivity index (χ1n) is 8.54. The van der Waals surface area contributed by atoms with Crippen LogP contribution in [0, 0.1) is 0 Å². The number of carbonyl (C=O) groups excluding carboxylic acids is 2. The summed E-state index contributed by atoms with van der Waals surface area (Å²) in [6.07, 6.45) is -5.50. The Balaban J connectivity index is 2.84. The predicted molar refractivity (Wildman–Crippen MR) is 96.4 cm³/mol. The maximum atomic E-state index is 12.4. The molecule has 0 bridgehead atoms. The van der Waals surface area contributed by atoms with E-state index in [2.05, 4.69) is 4.98 Å². The van der Waals surface area contributed by atoms with Gasteiger partial charge in [-0.15, -0.1) is 0 Å². The maximum Gasteiger partial charge on any atom is 0.272 e. The lowest BCUT2D eigenvalue weighted by molar-refractivity contribution is -0.0245. The van der Waals surface area contributed by atoms with Gasteiger partial charge in [0.1, 0.15) is 23.6 Å². The van der Waals surface area contributed by atoms with Crippen molar-refractivity contribution in [3.05, 3.63) is 29.6 Å². The van der Waals surface area contributed by atoms with Crippen molar-refractivity contribution in [1.29, 1.82) is 0 Å². The molecule has 0 saturated carbocycles. The lowest BCUT2D eigenvalue weighted by atomic mass is 10.2. The van der Waals surface area contributed by atoms with Gasteiger partial charge in [-0.2, -0.15) is 0 Å². The van der Waals surface area contributed by atoms with E-state index in [0.29, 0.717) is 0 Å². The average molecular weight is 401 g/mol. The second-order valence-corrected chi connectivity index (χ2v) is 6.41. The lowest BCUT2D eigenvalue weighted by Gasteiger charge is -2.24. The van der Waals surface area contributed by atoms with Gasteiger partial charge in [-0.1, -0.05) is 6.07 Å². The molecule has 28 heavy (non-hydrogen) atoms. The third-order valence-corrected chi connectivity index (χ3v) is 4.06. The normalized spacial score (nSPS) is 15.4. The van der Waals surface area contributed by atoms with Crippen LogP contribution in [0.15, 0.2) is 18.2 Å². The third-order valence-electron chi connectivity index (χ3n) is 4.06. The summed E-state index contributed by atoms with van der Waals surface area (Å²) < 4.78 is 0. The van der Waals surface area contributed by atoms with Crippen molar-refractivity contribution < 1.29 is 40.2 Å². The summed E-state index contributed by atoms with van der Waals surface area (Å²) in [6.45, 7) is -1.83. The summed E-state index contributed by atoms with van der Waals surface area (Å²) in [6, 6.07) is 4.18. The summed E-state index contributed by atoms with van der Waals surface area (Å²) in [5.41, 5.74) is -0.160. The first-order chi connectivity index (χ1) is 13.1. The standard InChI is InChI=1S/C17H27N3O8/c1-19(6-12(23)14(25)8-21)16(27)10-4-3-5-11(18-10)17(28)20(2)7-13(24)15(26)9-22/h3-5,12-15,21-26H,6-9H2,1-2H3. The van der Waals surface area contributed by atoms with Crippen molar-refractivity contribution in [3.63, 3.8) is 0 Å². The zero-order chi connectivity index (χ0) is 21.4. The van der Waals surface area contributed by atoms with E-state index in [4.69, 9.17) is 10.2 Å². The predicted octanol–water partition coefficient (Wildman–Crippen LogP) is -3.35. The second kappa shape index (κ2) is 11.0. The Morgan fingerprint density at radius 2 is 1.18 bits per heavy atom. The molecule has 0 saturated heterocycles. The van der Waals surface area contributed by atoms with Gasteiger partial charge in [0.25, 0.3) is 11.8 Å². The molecule has 0 aliphatic heterocycles. The smallest absolute Gasteiger partial charge is 0.272 e. The van der Waals surface area contributed by atoms with Crippen LogP contribution in [-0.4, -0.2) is 122 Å². The van der Waals surface area contributed by atoms with E-state index in [9.17, 15) is 30.0 Å². The molecule has 0 fully saturated rings. The van der Waals surface area contributed by atoms with Crippen molar-refractivity contribution in [3.8, 4) is 0 Å². The number of likely N-dealkylation sites (N-methyl/N-ethyl adjacent to an activating group) is 2. The number of amides is 2. The molecule has 0 aliphatic rings. The minimum atomic E-state index is -1.40. The largest absolute Gasteiger partial charge is 0.394 e. The Morgan fingerprint density at radius 1 is 0.821 bits per heavy atom. The Bertz CT molecular complexity index is 608. The van der Waals surface area contributed by atoms with Gasteiger partial charge in [0, 0.05) is 27.2 Å². The highest BCUT2D eigenvalue weighted by atomic mass is 16.4. The summed E-state index contributed by atoms with van der Waals surface area (Å²) in [7, 11) is 2.73. The highest BCUT2D eigenvalue weighted by molar-refractivity contribution is 5.96. The number of aromatic nitrogens is 1. The Labute approximate surface area is 162 Å². The molecule has 0 radical (unpaired) electrons. The number of pyridine rings is 1. The molecule has 0 aliphatic carbocycles. The molecule has 6 N–H and O–H groups in total. The molecule has 158 valence electrons. The number of hydrogen-bond donors (Lipinski definition) is 6. The molecule has 4 unspecified atom stereocenters. The van der Waals surface area contributed by atoms with E-state index in [1.165, 1.54) is 32.3 Å². The van der Waals surface area contributed by atoms with E-state index in [-0.39, 0.29) is 24.5 Å². The van der Waals surface area contributed by atoms with Crippen LogP contribution in [0.3, 0.4) is 0 Å². The average Bonchev–Trinajstić information content (AvgIpc) is 2.70. The van der Waals surface area contributed by atoms with Crippen molar-refractivity contribution in [1.82, 2.24) is 14.8 Å². The van der Waals surface area contributed by atoms with Crippen LogP contribution in [0.4, 0.5) is 0 Å². The number of hydrogen-bond acceptors (Lipinski definition) is 9. The fraction of sp³-hybridized carbons (Fsp3) is 0.588. The van der Waals surface area contributed by atoms with Crippen LogP contribution >= 0.6 is 0 Å². The fourth-order valence-corrected chi connectivity index (χ4v) is 2.28. The lowest BCUT2D eigenvalue weighted by Crippen LogP contribution is -2.42. The van der Waals surface area contributed by atoms with Crippen LogP contribution in [0.5, 0.6) is 0 Å². The van der Waals surface area contributed by atoms with Gasteiger partial charge in [-0.25, -0.2) is 4.98 Å². The van der Waals surface area contributed by atoms with Crippen molar-refractivity contribution in [2.24, 2.45) is 0 Å². The van der Waals surface area contributed by atoms with Gasteiger partial charge >= 0.3 is 0 Å². The topological polar surface area (TPSA) is 175 Å². The van der Waals surface area contributed by atoms with Gasteiger partial charge in [0.2, 0.25) is 0 Å². The molecular weight excluding hydrogens is 374 g/mol. The van der Waals surface area contributed by atoms with Crippen LogP contribution in [0.25, 0.3) is 0 Å². The van der Waals surface area contributed by atoms with Gasteiger partial charge in [-0.05, 0) is 12.1 Å². The summed E-state index contributed by atoms with van der Waals surface area (Å²) in [5.74, 6) is -1.23. The maximum absolute atomic E-state index is 12.4. The molecule has 4 atom stereocenters. The van der Waals surface area contributed by atoms with Crippen LogP contribution < -0.4 is 0 Å². The molecular formula is C17H27N3O8. The minimum absolute atomic E-state index is 0.0802. The van der Waals surface area contributed by atoms with E-state index in [1.54, 1.807) is 0 Å². The Kier molecular flexibility index (Phi) is 9.38. The first-order valence-corrected chi connectivity index (χ1v) is 8.54. The van der Waals surface area contributed by atoms with E-state index in [1.807, 2.05) is 0 Å². The van der Waals surface area contributed by atoms with Gasteiger partial charge < -0.3 is 40.4 Å². The molecule has 2 amide bonds. The Morgan fingerprint density at radius 3 is 1.50 bits per heavy atom. The summed E-state index contributed by atoms with van der Waals surface area (Å²) in [4.78, 5) is 31.0. The van der Waals surface area contributed by atoms with Gasteiger partial charge in [-0.3, -0.25) is 9.59 Å². The van der Waals surface area contributed by atoms with Crippen LogP contribution in [-0.2, 0) is 0 Å². The molecule has 1 rings (SSSR count). The second-order valence-electron chi connectivity index (χ2n) is 6.41. The highest BCUT2D eigenvalue weighted by Crippen LogP contribution is 2.08. The van der Waals surface area contributed by atoms with E-state index < -0.39 is 49.4 Å². The minimum Gasteiger partial charge on any atom is -0.394 e. The first kappa shape index (κ1) is 23.9. The molecule has 0 spiro atoms. The van der Waals surface area contributed by atoms with Crippen LogP contribution in [0.2, 0.25) is 0 Å². The summed E-state index contributed by atoms with van der Waals surface area (Å²) >= 11 is 0. The SMILES string of the molecule is CN(CC(O)C(O)CO)C(=O)c1cccc(C(=O)N(C)CC(O)C(O)CO)n1. The number of rotatable bonds is 10. The van der Waals surface area contributed by atoms with Crippen LogP contribution in [0.1, 0.15) is 21.0 Å². The number of aliphatic hydroxyl groups is 6. The molecule has 1 aromatic rings. The number of aliphatic hydroxyl groups excluding tert-OH is 6. The van der Waals surface area contributed by atoms with E-state index in [0.717, 1.165) is 9.80 Å². The Hall–Kier alpha value is -2.15. The monoisotopic (exact) mass is 401 g/mol. The van der Waals surface area contributed by atoms with Crippen molar-refractivity contribution in [2.45, 2.75) is 24.4 Å². The molecule has 1 aromatic heterocycles. The number of nitrogens with zero attached hydrogens (tertiary/aromatic N) is 3. The molecule has 0 aromatic carbocycles. The third kappa shape index (κ3) is 6.48. The fourth-order valence-electron chi connectivity index (χ4n) is 2.28. The molecule has 11 heteroatoms. The highest BCUT2D eigenvalue weighted by Gasteiger charge is 2.24. The van der Waals surface area contributed by atoms with Crippen molar-refractivity contribution in [2.75, 3.05) is 40.4 Å².